The van der Waals surface area contributed by atoms with E-state index in [2.05, 4.69) is 4.72 Å². The Morgan fingerprint density at radius 1 is 1.35 bits per heavy atom. The molecular formula is C12H15NO5S2. The van der Waals surface area contributed by atoms with E-state index in [9.17, 15) is 17.4 Å². The average molecular weight is 317 g/mol. The molecule has 2 N–H and O–H groups in total. The van der Waals surface area contributed by atoms with Gasteiger partial charge in [0.05, 0.1) is 4.90 Å². The zero-order valence-corrected chi connectivity index (χ0v) is 12.4. The lowest BCUT2D eigenvalue weighted by Gasteiger charge is -2.06. The predicted octanol–water partition coefficient (Wildman–Crippen LogP) is 0.441. The minimum atomic E-state index is -3.63. The van der Waals surface area contributed by atoms with Gasteiger partial charge in [0.25, 0.3) is 0 Å². The number of nitrogens with one attached hydrogen (secondary N) is 1. The molecule has 0 saturated carbocycles. The standard InChI is InChI=1S/C12H15NO5S2/c1-19(16)9-8-13-20(17,18)11-5-2-10(3-6-11)4-7-12(14)15/h2-7,13H,8-9H2,1H3,(H,14,15)/b7-4+. The van der Waals surface area contributed by atoms with Crippen LogP contribution in [0.15, 0.2) is 35.2 Å². The summed E-state index contributed by atoms with van der Waals surface area (Å²) >= 11 is 0. The second-order valence-corrected chi connectivity index (χ2v) is 7.24. The van der Waals surface area contributed by atoms with Gasteiger partial charge in [0, 0.05) is 35.4 Å². The highest BCUT2D eigenvalue weighted by Gasteiger charge is 2.12. The van der Waals surface area contributed by atoms with Crippen LogP contribution in [0, 0.1) is 0 Å². The number of hydrogen-bond acceptors (Lipinski definition) is 4. The Hall–Kier alpha value is -1.51. The minimum Gasteiger partial charge on any atom is -0.478 e. The summed E-state index contributed by atoms with van der Waals surface area (Å²) in [5.74, 6) is -0.825. The van der Waals surface area contributed by atoms with Gasteiger partial charge in [-0.05, 0) is 23.8 Å². The van der Waals surface area contributed by atoms with Crippen LogP contribution in [0.25, 0.3) is 6.08 Å². The van der Waals surface area contributed by atoms with Crippen molar-refractivity contribution >= 4 is 32.9 Å². The van der Waals surface area contributed by atoms with Crippen LogP contribution < -0.4 is 4.72 Å². The fourth-order valence-electron chi connectivity index (χ4n) is 1.33. The first-order valence-electron chi connectivity index (χ1n) is 5.62. The number of aliphatic carboxylic acids is 1. The van der Waals surface area contributed by atoms with Crippen LogP contribution in [0.3, 0.4) is 0 Å². The first-order chi connectivity index (χ1) is 9.31. The van der Waals surface area contributed by atoms with Gasteiger partial charge in [-0.25, -0.2) is 17.9 Å². The first kappa shape index (κ1) is 16.5. The van der Waals surface area contributed by atoms with E-state index in [-0.39, 0.29) is 17.2 Å². The normalized spacial score (nSPS) is 13.4. The zero-order chi connectivity index (χ0) is 15.2. The van der Waals surface area contributed by atoms with Crippen LogP contribution in [-0.2, 0) is 25.6 Å². The van der Waals surface area contributed by atoms with E-state index < -0.39 is 26.8 Å². The fraction of sp³-hybridized carbons (Fsp3) is 0.250. The third kappa shape index (κ3) is 5.64. The Bertz CT molecular complexity index is 620. The lowest BCUT2D eigenvalue weighted by atomic mass is 10.2. The number of sulfonamides is 1. The zero-order valence-electron chi connectivity index (χ0n) is 10.8. The Morgan fingerprint density at radius 2 is 1.95 bits per heavy atom. The van der Waals surface area contributed by atoms with E-state index in [0.29, 0.717) is 5.56 Å². The number of hydrogen-bond donors (Lipinski definition) is 2. The molecule has 110 valence electrons. The monoisotopic (exact) mass is 317 g/mol. The van der Waals surface area contributed by atoms with Gasteiger partial charge in [-0.15, -0.1) is 0 Å². The van der Waals surface area contributed by atoms with E-state index in [1.807, 2.05) is 0 Å². The number of carboxylic acids is 1. The van der Waals surface area contributed by atoms with Crippen molar-refractivity contribution in [3.63, 3.8) is 0 Å². The van der Waals surface area contributed by atoms with E-state index in [0.717, 1.165) is 6.08 Å². The number of rotatable bonds is 7. The summed E-state index contributed by atoms with van der Waals surface area (Å²) in [6.45, 7) is 0.103. The summed E-state index contributed by atoms with van der Waals surface area (Å²) in [4.78, 5) is 10.4. The molecule has 0 heterocycles. The van der Waals surface area contributed by atoms with E-state index in [1.54, 1.807) is 0 Å². The van der Waals surface area contributed by atoms with Crippen molar-refractivity contribution in [3.05, 3.63) is 35.9 Å². The molecule has 8 heteroatoms. The van der Waals surface area contributed by atoms with Crippen molar-refractivity contribution in [2.24, 2.45) is 0 Å². The Balaban J connectivity index is 2.76. The molecule has 0 aromatic heterocycles. The molecule has 6 nitrogen and oxygen atoms in total. The highest BCUT2D eigenvalue weighted by atomic mass is 32.2. The summed E-state index contributed by atoms with van der Waals surface area (Å²) in [6, 6.07) is 5.78. The van der Waals surface area contributed by atoms with Crippen LogP contribution in [0.2, 0.25) is 0 Å². The van der Waals surface area contributed by atoms with Crippen molar-refractivity contribution in [2.75, 3.05) is 18.6 Å². The molecule has 1 rings (SSSR count). The predicted molar refractivity (Wildman–Crippen MR) is 77.2 cm³/mol. The minimum absolute atomic E-state index is 0.0758. The van der Waals surface area contributed by atoms with Crippen molar-refractivity contribution in [2.45, 2.75) is 4.90 Å². The van der Waals surface area contributed by atoms with Crippen molar-refractivity contribution < 1.29 is 22.5 Å². The molecule has 0 fully saturated rings. The molecule has 0 spiro atoms. The van der Waals surface area contributed by atoms with Crippen LogP contribution in [0.4, 0.5) is 0 Å². The Kier molecular flexibility index (Phi) is 6.05. The fourth-order valence-corrected chi connectivity index (χ4v) is 2.88. The summed E-state index contributed by atoms with van der Waals surface area (Å²) < 4.78 is 36.9. The quantitative estimate of drug-likeness (QED) is 0.711. The molecule has 0 bridgehead atoms. The molecule has 1 atom stereocenters. The third-order valence-electron chi connectivity index (χ3n) is 2.29. The topological polar surface area (TPSA) is 101 Å². The summed E-state index contributed by atoms with van der Waals surface area (Å²) in [6.07, 6.45) is 3.84. The van der Waals surface area contributed by atoms with Gasteiger partial charge < -0.3 is 5.11 Å². The summed E-state index contributed by atoms with van der Waals surface area (Å²) in [5.41, 5.74) is 0.584. The van der Waals surface area contributed by atoms with Crippen molar-refractivity contribution in [1.29, 1.82) is 0 Å². The van der Waals surface area contributed by atoms with Crippen LogP contribution in [-0.4, -0.2) is 42.3 Å². The lowest BCUT2D eigenvalue weighted by Crippen LogP contribution is -2.27. The summed E-state index contributed by atoms with van der Waals surface area (Å²) in [7, 11) is -4.69. The van der Waals surface area contributed by atoms with Crippen molar-refractivity contribution in [1.82, 2.24) is 4.72 Å². The maximum atomic E-state index is 11.9. The smallest absolute Gasteiger partial charge is 0.328 e. The maximum Gasteiger partial charge on any atom is 0.328 e. The average Bonchev–Trinajstić information content (AvgIpc) is 2.36. The molecule has 0 aliphatic carbocycles. The van der Waals surface area contributed by atoms with Gasteiger partial charge in [0.1, 0.15) is 0 Å². The molecule has 20 heavy (non-hydrogen) atoms. The van der Waals surface area contributed by atoms with Crippen LogP contribution >= 0.6 is 0 Å². The van der Waals surface area contributed by atoms with Gasteiger partial charge in [0.2, 0.25) is 10.0 Å². The number of carboxylic acid groups (broad SMARTS) is 1. The van der Waals surface area contributed by atoms with Gasteiger partial charge in [-0.1, -0.05) is 12.1 Å². The molecular weight excluding hydrogens is 302 g/mol. The largest absolute Gasteiger partial charge is 0.478 e. The van der Waals surface area contributed by atoms with Crippen LogP contribution in [0.5, 0.6) is 0 Å². The van der Waals surface area contributed by atoms with Gasteiger partial charge in [-0.3, -0.25) is 4.21 Å². The molecule has 0 radical (unpaired) electrons. The third-order valence-corrected chi connectivity index (χ3v) is 4.55. The molecule has 1 aromatic rings. The SMILES string of the molecule is CS(=O)CCNS(=O)(=O)c1ccc(/C=C/C(=O)O)cc1. The highest BCUT2D eigenvalue weighted by molar-refractivity contribution is 7.89. The number of benzene rings is 1. The molecule has 0 aliphatic rings. The summed E-state index contributed by atoms with van der Waals surface area (Å²) in [5, 5.41) is 8.48. The lowest BCUT2D eigenvalue weighted by molar-refractivity contribution is -0.131. The molecule has 1 aromatic carbocycles. The molecule has 0 amide bonds. The second kappa shape index (κ2) is 7.32. The first-order valence-corrected chi connectivity index (χ1v) is 8.83. The molecule has 0 saturated heterocycles. The van der Waals surface area contributed by atoms with Gasteiger partial charge in [-0.2, -0.15) is 0 Å². The van der Waals surface area contributed by atoms with Crippen LogP contribution in [0.1, 0.15) is 5.56 Å². The van der Waals surface area contributed by atoms with E-state index in [4.69, 9.17) is 5.11 Å². The number of carbonyl (C=O) groups is 1. The molecule has 0 aliphatic heterocycles. The highest BCUT2D eigenvalue weighted by Crippen LogP contribution is 2.11. The van der Waals surface area contributed by atoms with E-state index >= 15 is 0 Å². The van der Waals surface area contributed by atoms with Gasteiger partial charge in [0.15, 0.2) is 0 Å². The Morgan fingerprint density at radius 3 is 2.45 bits per heavy atom. The molecule has 1 unspecified atom stereocenters. The van der Waals surface area contributed by atoms with E-state index in [1.165, 1.54) is 36.6 Å². The van der Waals surface area contributed by atoms with Gasteiger partial charge >= 0.3 is 5.97 Å². The maximum absolute atomic E-state index is 11.9. The van der Waals surface area contributed by atoms with Crippen molar-refractivity contribution in [3.8, 4) is 0 Å². The second-order valence-electron chi connectivity index (χ2n) is 3.92. The Labute approximate surface area is 120 Å².